The normalized spacial score (nSPS) is 19.9. The first-order chi connectivity index (χ1) is 9.12. The number of aliphatic hydroxyl groups is 1. The minimum atomic E-state index is -3.46. The lowest BCUT2D eigenvalue weighted by Crippen LogP contribution is -2.29. The second kappa shape index (κ2) is 6.74. The van der Waals surface area contributed by atoms with Crippen LogP contribution >= 0.6 is 11.8 Å². The Hall–Kier alpha value is -0.570. The number of hydrogen-bond acceptors (Lipinski definition) is 5. The van der Waals surface area contributed by atoms with Gasteiger partial charge in [-0.2, -0.15) is 16.9 Å². The van der Waals surface area contributed by atoms with Gasteiger partial charge >= 0.3 is 0 Å². The Balaban J connectivity index is 1.92. The predicted octanol–water partition coefficient (Wildman–Crippen LogP) is 0.439. The van der Waals surface area contributed by atoms with Crippen LogP contribution in [0.15, 0.2) is 17.3 Å². The lowest BCUT2D eigenvalue weighted by atomic mass is 10.2. The summed E-state index contributed by atoms with van der Waals surface area (Å²) in [6, 6.07) is 0. The van der Waals surface area contributed by atoms with Gasteiger partial charge in [-0.25, -0.2) is 13.1 Å². The average Bonchev–Trinajstić information content (AvgIpc) is 3.05. The molecule has 19 heavy (non-hydrogen) atoms. The summed E-state index contributed by atoms with van der Waals surface area (Å²) >= 11 is 1.82. The molecule has 0 aliphatic carbocycles. The van der Waals surface area contributed by atoms with E-state index in [1.54, 1.807) is 0 Å². The number of sulfonamides is 1. The molecule has 1 aliphatic rings. The molecule has 2 heterocycles. The minimum absolute atomic E-state index is 0.0685. The van der Waals surface area contributed by atoms with Gasteiger partial charge in [0.25, 0.3) is 0 Å². The molecule has 0 bridgehead atoms. The number of nitrogens with one attached hydrogen (secondary N) is 1. The fourth-order valence-electron chi connectivity index (χ4n) is 1.93. The Bertz CT molecular complexity index is 495. The molecule has 2 rings (SSSR count). The summed E-state index contributed by atoms with van der Waals surface area (Å²) in [5, 5.41) is 13.1. The highest BCUT2D eigenvalue weighted by atomic mass is 32.2. The molecule has 1 saturated heterocycles. The number of hydrogen-bond donors (Lipinski definition) is 2. The van der Waals surface area contributed by atoms with Crippen LogP contribution in [0.5, 0.6) is 0 Å². The summed E-state index contributed by atoms with van der Waals surface area (Å²) in [6.45, 7) is 1.07. The summed E-state index contributed by atoms with van der Waals surface area (Å²) in [7, 11) is -3.46. The van der Waals surface area contributed by atoms with Crippen molar-refractivity contribution in [1.29, 1.82) is 0 Å². The number of aromatic nitrogens is 2. The van der Waals surface area contributed by atoms with E-state index in [-0.39, 0.29) is 11.5 Å². The maximum Gasteiger partial charge on any atom is 0.243 e. The highest BCUT2D eigenvalue weighted by Gasteiger charge is 2.21. The van der Waals surface area contributed by atoms with Gasteiger partial charge < -0.3 is 5.11 Å². The van der Waals surface area contributed by atoms with Gasteiger partial charge in [-0.3, -0.25) is 4.68 Å². The number of thioether (sulfide) groups is 1. The van der Waals surface area contributed by atoms with Gasteiger partial charge in [0.1, 0.15) is 4.90 Å². The molecule has 1 atom stereocenters. The Labute approximate surface area is 117 Å². The van der Waals surface area contributed by atoms with Crippen molar-refractivity contribution in [2.45, 2.75) is 36.0 Å². The van der Waals surface area contributed by atoms with E-state index in [0.29, 0.717) is 24.8 Å². The van der Waals surface area contributed by atoms with Crippen LogP contribution in [0.3, 0.4) is 0 Å². The zero-order valence-corrected chi connectivity index (χ0v) is 12.3. The molecule has 0 amide bonds. The summed E-state index contributed by atoms with van der Waals surface area (Å²) in [5.41, 5.74) is 0. The number of aliphatic hydroxyl groups excluding tert-OH is 1. The number of rotatable bonds is 7. The van der Waals surface area contributed by atoms with E-state index >= 15 is 0 Å². The van der Waals surface area contributed by atoms with E-state index in [1.807, 2.05) is 11.8 Å². The van der Waals surface area contributed by atoms with Crippen molar-refractivity contribution in [3.05, 3.63) is 12.4 Å². The fraction of sp³-hybridized carbons (Fsp3) is 0.727. The molecule has 0 aromatic carbocycles. The predicted molar refractivity (Wildman–Crippen MR) is 74.6 cm³/mol. The summed E-state index contributed by atoms with van der Waals surface area (Å²) < 4.78 is 28.3. The topological polar surface area (TPSA) is 84.2 Å². The fourth-order valence-corrected chi connectivity index (χ4v) is 4.27. The SMILES string of the molecule is O=S(=O)(NCC1CCCS1)c1cnn(CCCO)c1. The molecule has 1 aliphatic heterocycles. The van der Waals surface area contributed by atoms with Gasteiger partial charge in [-0.1, -0.05) is 0 Å². The van der Waals surface area contributed by atoms with E-state index in [9.17, 15) is 8.42 Å². The highest BCUT2D eigenvalue weighted by molar-refractivity contribution is 8.00. The van der Waals surface area contributed by atoms with Gasteiger partial charge in [0.05, 0.1) is 6.20 Å². The maximum absolute atomic E-state index is 12.1. The number of nitrogens with zero attached hydrogens (tertiary/aromatic N) is 2. The minimum Gasteiger partial charge on any atom is -0.396 e. The molecule has 0 spiro atoms. The van der Waals surface area contributed by atoms with Gasteiger partial charge in [-0.15, -0.1) is 0 Å². The van der Waals surface area contributed by atoms with Crippen LogP contribution in [0.2, 0.25) is 0 Å². The van der Waals surface area contributed by atoms with Crippen LogP contribution in [0.25, 0.3) is 0 Å². The molecule has 1 aromatic heterocycles. The van der Waals surface area contributed by atoms with Gasteiger partial charge in [0.15, 0.2) is 0 Å². The van der Waals surface area contributed by atoms with Gasteiger partial charge in [-0.05, 0) is 25.0 Å². The zero-order chi connectivity index (χ0) is 13.7. The van der Waals surface area contributed by atoms with Gasteiger partial charge in [0, 0.05) is 31.1 Å². The molecule has 0 saturated carbocycles. The highest BCUT2D eigenvalue weighted by Crippen LogP contribution is 2.25. The van der Waals surface area contributed by atoms with E-state index in [0.717, 1.165) is 18.6 Å². The summed E-state index contributed by atoms with van der Waals surface area (Å²) in [5.74, 6) is 1.12. The second-order valence-corrected chi connectivity index (χ2v) is 7.68. The maximum atomic E-state index is 12.1. The molecule has 0 radical (unpaired) electrons. The first-order valence-electron chi connectivity index (χ1n) is 6.36. The average molecular weight is 305 g/mol. The van der Waals surface area contributed by atoms with Crippen molar-refractivity contribution in [3.63, 3.8) is 0 Å². The summed E-state index contributed by atoms with van der Waals surface area (Å²) in [6.07, 6.45) is 5.65. The Kier molecular flexibility index (Phi) is 5.26. The lowest BCUT2D eigenvalue weighted by molar-refractivity contribution is 0.277. The largest absolute Gasteiger partial charge is 0.396 e. The standard InChI is InChI=1S/C11H19N3O3S2/c15-5-2-4-14-9-11(8-12-14)19(16,17)13-7-10-3-1-6-18-10/h8-10,13,15H,1-7H2. The van der Waals surface area contributed by atoms with Gasteiger partial charge in [0.2, 0.25) is 10.0 Å². The Morgan fingerprint density at radius 1 is 1.58 bits per heavy atom. The van der Waals surface area contributed by atoms with Crippen molar-refractivity contribution in [3.8, 4) is 0 Å². The molecular formula is C11H19N3O3S2. The first kappa shape index (κ1) is 14.8. The van der Waals surface area contributed by atoms with Crippen molar-refractivity contribution in [2.75, 3.05) is 18.9 Å². The second-order valence-electron chi connectivity index (χ2n) is 4.50. The van der Waals surface area contributed by atoms with Crippen LogP contribution in [0.4, 0.5) is 0 Å². The molecule has 1 unspecified atom stereocenters. The summed E-state index contributed by atoms with van der Waals surface area (Å²) in [4.78, 5) is 0.188. The molecule has 2 N–H and O–H groups in total. The van der Waals surface area contributed by atoms with Crippen molar-refractivity contribution in [1.82, 2.24) is 14.5 Å². The third-order valence-electron chi connectivity index (χ3n) is 2.99. The molecule has 108 valence electrons. The third kappa shape index (κ3) is 4.20. The van der Waals surface area contributed by atoms with Crippen molar-refractivity contribution < 1.29 is 13.5 Å². The van der Waals surface area contributed by atoms with Crippen LogP contribution < -0.4 is 4.72 Å². The monoisotopic (exact) mass is 305 g/mol. The molecule has 6 nitrogen and oxygen atoms in total. The smallest absolute Gasteiger partial charge is 0.243 e. The van der Waals surface area contributed by atoms with Crippen molar-refractivity contribution in [2.24, 2.45) is 0 Å². The van der Waals surface area contributed by atoms with Crippen LogP contribution in [0, 0.1) is 0 Å². The first-order valence-corrected chi connectivity index (χ1v) is 8.89. The lowest BCUT2D eigenvalue weighted by Gasteiger charge is -2.09. The number of aryl methyl sites for hydroxylation is 1. The van der Waals surface area contributed by atoms with E-state index in [1.165, 1.54) is 17.1 Å². The van der Waals surface area contributed by atoms with E-state index < -0.39 is 10.0 Å². The third-order valence-corrected chi connectivity index (χ3v) is 5.77. The molecule has 8 heteroatoms. The van der Waals surface area contributed by atoms with Crippen LogP contribution in [0.1, 0.15) is 19.3 Å². The quantitative estimate of drug-likeness (QED) is 0.763. The molecular weight excluding hydrogens is 286 g/mol. The molecule has 1 aromatic rings. The Morgan fingerprint density at radius 3 is 3.11 bits per heavy atom. The Morgan fingerprint density at radius 2 is 2.42 bits per heavy atom. The van der Waals surface area contributed by atoms with E-state index in [2.05, 4.69) is 9.82 Å². The van der Waals surface area contributed by atoms with E-state index in [4.69, 9.17) is 5.11 Å². The van der Waals surface area contributed by atoms with Crippen LogP contribution in [-0.4, -0.2) is 47.5 Å². The molecule has 1 fully saturated rings. The van der Waals surface area contributed by atoms with Crippen LogP contribution in [-0.2, 0) is 16.6 Å². The van der Waals surface area contributed by atoms with Crippen molar-refractivity contribution >= 4 is 21.8 Å². The zero-order valence-electron chi connectivity index (χ0n) is 10.7.